The zero-order chi connectivity index (χ0) is 10.3. The fourth-order valence-corrected chi connectivity index (χ4v) is 3.10. The van der Waals surface area contributed by atoms with Crippen LogP contribution in [-0.2, 0) is 9.59 Å². The van der Waals surface area contributed by atoms with Crippen LogP contribution >= 0.6 is 0 Å². The highest BCUT2D eigenvalue weighted by Gasteiger charge is 2.44. The predicted octanol–water partition coefficient (Wildman–Crippen LogP) is 1.99. The number of fused-ring (bicyclic) bond motifs is 2. The van der Waals surface area contributed by atoms with Gasteiger partial charge in [-0.1, -0.05) is 12.2 Å². The number of rotatable bonds is 2. The maximum atomic E-state index is 11.5. The van der Waals surface area contributed by atoms with Crippen molar-refractivity contribution in [3.05, 3.63) is 12.2 Å². The number of Topliss-reactive ketones (excluding diaryl/α,β-unsaturated/α-hetero) is 2. The molecular formula is C12H16O2. The van der Waals surface area contributed by atoms with E-state index in [-0.39, 0.29) is 23.4 Å². The number of allylic oxidation sites excluding steroid dienone is 2. The summed E-state index contributed by atoms with van der Waals surface area (Å²) in [6, 6.07) is 0. The number of hydrogen-bond donors (Lipinski definition) is 0. The second-order valence-corrected chi connectivity index (χ2v) is 4.56. The van der Waals surface area contributed by atoms with E-state index in [1.165, 1.54) is 0 Å². The average molecular weight is 192 g/mol. The van der Waals surface area contributed by atoms with Gasteiger partial charge in [-0.25, -0.2) is 0 Å². The summed E-state index contributed by atoms with van der Waals surface area (Å²) in [6.45, 7) is 3.24. The standard InChI is InChI=1S/C12H16O2/c1-7(13)11-9-3-5-10(6-4-9)12(11)8(2)14/h3,5,9-12H,4,6H2,1-2H3. The van der Waals surface area contributed by atoms with Crippen molar-refractivity contribution in [2.75, 3.05) is 0 Å². The van der Waals surface area contributed by atoms with Crippen LogP contribution < -0.4 is 0 Å². The maximum Gasteiger partial charge on any atom is 0.134 e. The van der Waals surface area contributed by atoms with Gasteiger partial charge in [-0.15, -0.1) is 0 Å². The molecule has 14 heavy (non-hydrogen) atoms. The zero-order valence-corrected chi connectivity index (χ0v) is 8.69. The molecule has 0 saturated heterocycles. The molecule has 2 bridgehead atoms. The first-order valence-electron chi connectivity index (χ1n) is 5.30. The van der Waals surface area contributed by atoms with E-state index >= 15 is 0 Å². The maximum absolute atomic E-state index is 11.5. The van der Waals surface area contributed by atoms with Gasteiger partial charge in [0.15, 0.2) is 0 Å². The lowest BCUT2D eigenvalue weighted by atomic mass is 9.60. The molecule has 0 aromatic rings. The van der Waals surface area contributed by atoms with Crippen LogP contribution in [0.1, 0.15) is 26.7 Å². The Kier molecular flexibility index (Phi) is 2.30. The molecule has 2 nitrogen and oxygen atoms in total. The molecule has 3 aliphatic rings. The molecule has 0 aromatic carbocycles. The predicted molar refractivity (Wildman–Crippen MR) is 53.7 cm³/mol. The van der Waals surface area contributed by atoms with Crippen LogP contribution in [-0.4, -0.2) is 11.6 Å². The molecule has 0 heterocycles. The van der Waals surface area contributed by atoms with Gasteiger partial charge >= 0.3 is 0 Å². The SMILES string of the molecule is CC(=O)C1C2C=CC(CC2)C1C(C)=O. The van der Waals surface area contributed by atoms with Crippen molar-refractivity contribution in [1.29, 1.82) is 0 Å². The Hall–Kier alpha value is -0.920. The third kappa shape index (κ3) is 1.33. The quantitative estimate of drug-likeness (QED) is 0.627. The van der Waals surface area contributed by atoms with E-state index < -0.39 is 0 Å². The number of ketones is 2. The smallest absolute Gasteiger partial charge is 0.134 e. The third-order valence-corrected chi connectivity index (χ3v) is 3.69. The summed E-state index contributed by atoms with van der Waals surface area (Å²) in [5.74, 6) is 0.957. The first kappa shape index (κ1) is 9.63. The lowest BCUT2D eigenvalue weighted by Gasteiger charge is -2.42. The molecule has 3 aliphatic carbocycles. The summed E-state index contributed by atoms with van der Waals surface area (Å²) in [4.78, 5) is 23.0. The van der Waals surface area contributed by atoms with Crippen molar-refractivity contribution < 1.29 is 9.59 Å². The van der Waals surface area contributed by atoms with E-state index in [9.17, 15) is 9.59 Å². The van der Waals surface area contributed by atoms with Crippen LogP contribution in [0.5, 0.6) is 0 Å². The number of hydrogen-bond acceptors (Lipinski definition) is 2. The van der Waals surface area contributed by atoms with Gasteiger partial charge in [0.25, 0.3) is 0 Å². The Morgan fingerprint density at radius 2 is 1.29 bits per heavy atom. The zero-order valence-electron chi connectivity index (χ0n) is 8.69. The van der Waals surface area contributed by atoms with Crippen LogP contribution in [0.15, 0.2) is 12.2 Å². The topological polar surface area (TPSA) is 34.1 Å². The highest BCUT2D eigenvalue weighted by atomic mass is 16.1. The van der Waals surface area contributed by atoms with Gasteiger partial charge < -0.3 is 0 Å². The van der Waals surface area contributed by atoms with E-state index in [0.29, 0.717) is 11.8 Å². The summed E-state index contributed by atoms with van der Waals surface area (Å²) in [5, 5.41) is 0. The van der Waals surface area contributed by atoms with E-state index in [4.69, 9.17) is 0 Å². The molecule has 4 atom stereocenters. The molecule has 0 aromatic heterocycles. The molecule has 3 rings (SSSR count). The van der Waals surface area contributed by atoms with Crippen LogP contribution in [0.4, 0.5) is 0 Å². The fourth-order valence-electron chi connectivity index (χ4n) is 3.10. The molecule has 4 unspecified atom stereocenters. The highest BCUT2D eigenvalue weighted by Crippen LogP contribution is 2.45. The summed E-state index contributed by atoms with van der Waals surface area (Å²) in [5.41, 5.74) is 0. The first-order chi connectivity index (χ1) is 6.61. The molecule has 0 aliphatic heterocycles. The average Bonchev–Trinajstić information content (AvgIpc) is 2.17. The second kappa shape index (κ2) is 3.34. The van der Waals surface area contributed by atoms with Crippen LogP contribution in [0.3, 0.4) is 0 Å². The van der Waals surface area contributed by atoms with Crippen molar-refractivity contribution in [1.82, 2.24) is 0 Å². The fraction of sp³-hybridized carbons (Fsp3) is 0.667. The Morgan fingerprint density at radius 3 is 1.50 bits per heavy atom. The van der Waals surface area contributed by atoms with Gasteiger partial charge in [0, 0.05) is 11.8 Å². The molecule has 0 amide bonds. The molecule has 1 fully saturated rings. The van der Waals surface area contributed by atoms with Gasteiger partial charge in [0.2, 0.25) is 0 Å². The van der Waals surface area contributed by atoms with Crippen molar-refractivity contribution in [3.63, 3.8) is 0 Å². The molecule has 1 saturated carbocycles. The highest BCUT2D eigenvalue weighted by molar-refractivity contribution is 5.88. The van der Waals surface area contributed by atoms with Crippen molar-refractivity contribution >= 4 is 11.6 Å². The number of carbonyl (C=O) groups excluding carboxylic acids is 2. The lowest BCUT2D eigenvalue weighted by Crippen LogP contribution is -2.43. The minimum atomic E-state index is -0.0313. The van der Waals surface area contributed by atoms with Gasteiger partial charge in [0.05, 0.1) is 0 Å². The summed E-state index contributed by atoms with van der Waals surface area (Å²) in [6.07, 6.45) is 6.43. The minimum Gasteiger partial charge on any atom is -0.300 e. The van der Waals surface area contributed by atoms with Gasteiger partial charge in [-0.3, -0.25) is 9.59 Å². The van der Waals surface area contributed by atoms with Crippen molar-refractivity contribution in [2.24, 2.45) is 23.7 Å². The molecule has 76 valence electrons. The van der Waals surface area contributed by atoms with E-state index in [2.05, 4.69) is 12.2 Å². The Bertz CT molecular complexity index is 273. The van der Waals surface area contributed by atoms with Crippen LogP contribution in [0.2, 0.25) is 0 Å². The van der Waals surface area contributed by atoms with E-state index in [0.717, 1.165) is 12.8 Å². The Balaban J connectivity index is 2.33. The van der Waals surface area contributed by atoms with Gasteiger partial charge in [-0.05, 0) is 38.5 Å². The van der Waals surface area contributed by atoms with Crippen molar-refractivity contribution in [2.45, 2.75) is 26.7 Å². The molecule has 2 heteroatoms. The Morgan fingerprint density at radius 1 is 0.929 bits per heavy atom. The number of carbonyl (C=O) groups is 2. The molecule has 0 radical (unpaired) electrons. The molecule has 0 N–H and O–H groups in total. The molecular weight excluding hydrogens is 176 g/mol. The normalized spacial score (nSPS) is 39.9. The second-order valence-electron chi connectivity index (χ2n) is 4.56. The summed E-state index contributed by atoms with van der Waals surface area (Å²) < 4.78 is 0. The van der Waals surface area contributed by atoms with E-state index in [1.807, 2.05) is 0 Å². The van der Waals surface area contributed by atoms with Gasteiger partial charge in [-0.2, -0.15) is 0 Å². The van der Waals surface area contributed by atoms with E-state index in [1.54, 1.807) is 13.8 Å². The van der Waals surface area contributed by atoms with Crippen LogP contribution in [0, 0.1) is 23.7 Å². The summed E-state index contributed by atoms with van der Waals surface area (Å²) >= 11 is 0. The summed E-state index contributed by atoms with van der Waals surface area (Å²) in [7, 11) is 0. The largest absolute Gasteiger partial charge is 0.300 e. The molecule has 0 spiro atoms. The lowest BCUT2D eigenvalue weighted by molar-refractivity contribution is -0.135. The minimum absolute atomic E-state index is 0.0313. The van der Waals surface area contributed by atoms with Crippen LogP contribution in [0.25, 0.3) is 0 Å². The first-order valence-corrected chi connectivity index (χ1v) is 5.30. The Labute approximate surface area is 84.4 Å². The monoisotopic (exact) mass is 192 g/mol. The van der Waals surface area contributed by atoms with Crippen molar-refractivity contribution in [3.8, 4) is 0 Å². The third-order valence-electron chi connectivity index (χ3n) is 3.69. The van der Waals surface area contributed by atoms with Gasteiger partial charge in [0.1, 0.15) is 11.6 Å².